The van der Waals surface area contributed by atoms with Gasteiger partial charge in [-0.15, -0.1) is 0 Å². The van der Waals surface area contributed by atoms with Gasteiger partial charge in [0.05, 0.1) is 18.3 Å². The highest BCUT2D eigenvalue weighted by Gasteiger charge is 2.20. The third-order valence-electron chi connectivity index (χ3n) is 2.63. The highest BCUT2D eigenvalue weighted by molar-refractivity contribution is 5.84. The van der Waals surface area contributed by atoms with Crippen molar-refractivity contribution >= 4 is 16.9 Å². The molecule has 0 amide bonds. The molecule has 2 N–H and O–H groups in total. The lowest BCUT2D eigenvalue weighted by Crippen LogP contribution is -2.16. The molecule has 0 spiro atoms. The van der Waals surface area contributed by atoms with Crippen LogP contribution in [0, 0.1) is 0 Å². The zero-order valence-corrected chi connectivity index (χ0v) is 10.6. The van der Waals surface area contributed by atoms with Crippen LogP contribution >= 0.6 is 0 Å². The Balaban J connectivity index is 2.80. The van der Waals surface area contributed by atoms with Gasteiger partial charge in [-0.3, -0.25) is 0 Å². The summed E-state index contributed by atoms with van der Waals surface area (Å²) in [4.78, 5) is 8.60. The monoisotopic (exact) mass is 231 g/mol. The van der Waals surface area contributed by atoms with Crippen LogP contribution in [0.15, 0.2) is 18.2 Å². The summed E-state index contributed by atoms with van der Waals surface area (Å²) < 4.78 is 5.23. The quantitative estimate of drug-likeness (QED) is 0.819. The summed E-state index contributed by atoms with van der Waals surface area (Å²) in [6.07, 6.45) is 0. The first-order valence-electron chi connectivity index (χ1n) is 5.53. The second-order valence-corrected chi connectivity index (χ2v) is 5.06. The van der Waals surface area contributed by atoms with E-state index in [1.807, 2.05) is 18.2 Å². The number of nitrogens with two attached hydrogens (primary N) is 1. The summed E-state index contributed by atoms with van der Waals surface area (Å²) in [5.74, 6) is 1.11. The van der Waals surface area contributed by atoms with Gasteiger partial charge in [-0.25, -0.2) is 9.97 Å². The van der Waals surface area contributed by atoms with Crippen molar-refractivity contribution in [1.29, 1.82) is 0 Å². The number of fused-ring (bicyclic) bond motifs is 1. The van der Waals surface area contributed by atoms with Gasteiger partial charge in [0.25, 0.3) is 0 Å². The third-order valence-corrected chi connectivity index (χ3v) is 2.63. The molecule has 0 aliphatic carbocycles. The number of benzene rings is 1. The van der Waals surface area contributed by atoms with Crippen LogP contribution in [0.3, 0.4) is 0 Å². The molecule has 1 aromatic carbocycles. The van der Waals surface area contributed by atoms with Crippen molar-refractivity contribution in [3.63, 3.8) is 0 Å². The van der Waals surface area contributed by atoms with E-state index in [9.17, 15) is 0 Å². The van der Waals surface area contributed by atoms with Crippen LogP contribution in [0.4, 0.5) is 5.95 Å². The molecule has 0 aliphatic rings. The number of hydrogen-bond donors (Lipinski definition) is 1. The fourth-order valence-corrected chi connectivity index (χ4v) is 1.82. The maximum absolute atomic E-state index is 5.74. The molecule has 90 valence electrons. The molecule has 4 nitrogen and oxygen atoms in total. The van der Waals surface area contributed by atoms with Crippen molar-refractivity contribution in [1.82, 2.24) is 9.97 Å². The molecular formula is C13H17N3O. The molecule has 0 fully saturated rings. The SMILES string of the molecule is COc1ccc2nc(N)nc(C(C)(C)C)c2c1. The van der Waals surface area contributed by atoms with Crippen molar-refractivity contribution in [3.8, 4) is 5.75 Å². The number of anilines is 1. The fourth-order valence-electron chi connectivity index (χ4n) is 1.82. The van der Waals surface area contributed by atoms with Gasteiger partial charge in [-0.05, 0) is 18.2 Å². The average Bonchev–Trinajstić information content (AvgIpc) is 2.26. The lowest BCUT2D eigenvalue weighted by Gasteiger charge is -2.20. The van der Waals surface area contributed by atoms with E-state index >= 15 is 0 Å². The maximum atomic E-state index is 5.74. The van der Waals surface area contributed by atoms with E-state index in [1.165, 1.54) is 0 Å². The second-order valence-electron chi connectivity index (χ2n) is 5.06. The van der Waals surface area contributed by atoms with Gasteiger partial charge in [0.1, 0.15) is 5.75 Å². The highest BCUT2D eigenvalue weighted by atomic mass is 16.5. The van der Waals surface area contributed by atoms with Crippen molar-refractivity contribution in [3.05, 3.63) is 23.9 Å². The van der Waals surface area contributed by atoms with Crippen LogP contribution < -0.4 is 10.5 Å². The van der Waals surface area contributed by atoms with E-state index < -0.39 is 0 Å². The van der Waals surface area contributed by atoms with E-state index in [0.29, 0.717) is 5.95 Å². The van der Waals surface area contributed by atoms with Gasteiger partial charge in [0.2, 0.25) is 5.95 Å². The summed E-state index contributed by atoms with van der Waals surface area (Å²) >= 11 is 0. The molecule has 2 aromatic rings. The lowest BCUT2D eigenvalue weighted by molar-refractivity contribution is 0.415. The highest BCUT2D eigenvalue weighted by Crippen LogP contribution is 2.30. The number of aromatic nitrogens is 2. The van der Waals surface area contributed by atoms with E-state index in [2.05, 4.69) is 30.7 Å². The predicted octanol–water partition coefficient (Wildman–Crippen LogP) is 2.52. The minimum Gasteiger partial charge on any atom is -0.497 e. The Kier molecular flexibility index (Phi) is 2.65. The molecular weight excluding hydrogens is 214 g/mol. The smallest absolute Gasteiger partial charge is 0.220 e. The van der Waals surface area contributed by atoms with Crippen molar-refractivity contribution in [2.75, 3.05) is 12.8 Å². The first kappa shape index (κ1) is 11.6. The Bertz CT molecular complexity index is 558. The van der Waals surface area contributed by atoms with E-state index in [-0.39, 0.29) is 5.41 Å². The van der Waals surface area contributed by atoms with Gasteiger partial charge >= 0.3 is 0 Å². The zero-order valence-electron chi connectivity index (χ0n) is 10.6. The molecule has 0 bridgehead atoms. The Morgan fingerprint density at radius 2 is 1.88 bits per heavy atom. The number of nitrogens with zero attached hydrogens (tertiary/aromatic N) is 2. The summed E-state index contributed by atoms with van der Waals surface area (Å²) in [5, 5.41) is 0.992. The molecule has 0 unspecified atom stereocenters. The largest absolute Gasteiger partial charge is 0.497 e. The molecule has 17 heavy (non-hydrogen) atoms. The van der Waals surface area contributed by atoms with Gasteiger partial charge in [-0.2, -0.15) is 0 Å². The van der Waals surface area contributed by atoms with Crippen LogP contribution in [0.2, 0.25) is 0 Å². The van der Waals surface area contributed by atoms with Crippen molar-refractivity contribution in [2.24, 2.45) is 0 Å². The van der Waals surface area contributed by atoms with Gasteiger partial charge in [0.15, 0.2) is 0 Å². The molecule has 0 atom stereocenters. The lowest BCUT2D eigenvalue weighted by atomic mass is 9.89. The Morgan fingerprint density at radius 1 is 1.18 bits per heavy atom. The van der Waals surface area contributed by atoms with Crippen molar-refractivity contribution < 1.29 is 4.74 Å². The minimum absolute atomic E-state index is 0.0817. The number of nitrogen functional groups attached to an aromatic ring is 1. The zero-order chi connectivity index (χ0) is 12.6. The summed E-state index contributed by atoms with van der Waals surface area (Å²) in [7, 11) is 1.65. The normalized spacial score (nSPS) is 11.8. The molecule has 0 radical (unpaired) electrons. The topological polar surface area (TPSA) is 61.0 Å². The second kappa shape index (κ2) is 3.87. The van der Waals surface area contributed by atoms with Gasteiger partial charge in [0, 0.05) is 10.8 Å². The molecule has 0 aliphatic heterocycles. The van der Waals surface area contributed by atoms with Crippen LogP contribution in [0.1, 0.15) is 26.5 Å². The number of hydrogen-bond acceptors (Lipinski definition) is 4. The maximum Gasteiger partial charge on any atom is 0.220 e. The number of methoxy groups -OCH3 is 1. The van der Waals surface area contributed by atoms with Crippen LogP contribution in [-0.4, -0.2) is 17.1 Å². The molecule has 0 saturated carbocycles. The summed E-state index contributed by atoms with van der Waals surface area (Å²) in [5.41, 5.74) is 7.45. The van der Waals surface area contributed by atoms with Gasteiger partial charge < -0.3 is 10.5 Å². The van der Waals surface area contributed by atoms with Gasteiger partial charge in [-0.1, -0.05) is 20.8 Å². The Hall–Kier alpha value is -1.84. The molecule has 1 heterocycles. The Labute approximate surface area is 101 Å². The van der Waals surface area contributed by atoms with E-state index in [4.69, 9.17) is 10.5 Å². The standard InChI is InChI=1S/C13H17N3O/c1-13(2,3)11-9-7-8(17-4)5-6-10(9)15-12(14)16-11/h5-7H,1-4H3,(H2,14,15,16). The first-order chi connectivity index (χ1) is 7.91. The number of ether oxygens (including phenoxy) is 1. The van der Waals surface area contributed by atoms with E-state index in [0.717, 1.165) is 22.3 Å². The first-order valence-corrected chi connectivity index (χ1v) is 5.53. The summed E-state index contributed by atoms with van der Waals surface area (Å²) in [6, 6.07) is 5.73. The molecule has 2 rings (SSSR count). The minimum atomic E-state index is -0.0817. The number of rotatable bonds is 1. The molecule has 0 saturated heterocycles. The Morgan fingerprint density at radius 3 is 2.47 bits per heavy atom. The van der Waals surface area contributed by atoms with E-state index in [1.54, 1.807) is 7.11 Å². The van der Waals surface area contributed by atoms with Crippen LogP contribution in [0.5, 0.6) is 5.75 Å². The predicted molar refractivity (Wildman–Crippen MR) is 69.2 cm³/mol. The summed E-state index contributed by atoms with van der Waals surface area (Å²) in [6.45, 7) is 6.31. The molecule has 1 aromatic heterocycles. The average molecular weight is 231 g/mol. The third kappa shape index (κ3) is 2.16. The van der Waals surface area contributed by atoms with Crippen LogP contribution in [0.25, 0.3) is 10.9 Å². The molecule has 4 heteroatoms. The van der Waals surface area contributed by atoms with Crippen LogP contribution in [-0.2, 0) is 5.41 Å². The van der Waals surface area contributed by atoms with Crippen molar-refractivity contribution in [2.45, 2.75) is 26.2 Å². The fraction of sp³-hybridized carbons (Fsp3) is 0.385.